The van der Waals surface area contributed by atoms with E-state index in [0.717, 1.165) is 0 Å². The van der Waals surface area contributed by atoms with Gasteiger partial charge in [-0.1, -0.05) is 35.7 Å². The van der Waals surface area contributed by atoms with Crippen LogP contribution in [0.4, 0.5) is 0 Å². The van der Waals surface area contributed by atoms with Crippen molar-refractivity contribution in [3.8, 4) is 0 Å². The summed E-state index contributed by atoms with van der Waals surface area (Å²) in [6.07, 6.45) is 6.99. The van der Waals surface area contributed by atoms with Gasteiger partial charge in [-0.05, 0) is 45.1 Å². The van der Waals surface area contributed by atoms with Gasteiger partial charge in [0.05, 0.1) is 0 Å². The molecule has 0 radical (unpaired) electrons. The summed E-state index contributed by atoms with van der Waals surface area (Å²) in [5, 5.41) is 1.19. The molecule has 1 saturated carbocycles. The van der Waals surface area contributed by atoms with Crippen molar-refractivity contribution < 1.29 is 0 Å². The molecule has 15 heavy (non-hydrogen) atoms. The highest BCUT2D eigenvalue weighted by Crippen LogP contribution is 2.40. The minimum absolute atomic E-state index is 0.583. The molecule has 0 aromatic heterocycles. The predicted octanol–water partition coefficient (Wildman–Crippen LogP) is 4.06. The second-order valence-corrected chi connectivity index (χ2v) is 5.97. The van der Waals surface area contributed by atoms with Gasteiger partial charge in [0.2, 0.25) is 0 Å². The molecule has 0 aromatic rings. The molecule has 0 spiro atoms. The van der Waals surface area contributed by atoms with Crippen LogP contribution >= 0.6 is 15.9 Å². The van der Waals surface area contributed by atoms with Crippen LogP contribution < -0.4 is 0 Å². The largest absolute Gasteiger partial charge is 0.300 e. The summed E-state index contributed by atoms with van der Waals surface area (Å²) < 4.78 is 0. The summed E-state index contributed by atoms with van der Waals surface area (Å²) in [6.45, 7) is 9.49. The zero-order valence-corrected chi connectivity index (χ0v) is 12.1. The van der Waals surface area contributed by atoms with E-state index < -0.39 is 0 Å². The zero-order chi connectivity index (χ0) is 11.3. The highest BCUT2D eigenvalue weighted by Gasteiger charge is 2.34. The van der Waals surface area contributed by atoms with E-state index in [-0.39, 0.29) is 0 Å². The second kappa shape index (κ2) is 6.24. The van der Waals surface area contributed by atoms with Crippen molar-refractivity contribution in [2.75, 3.05) is 18.4 Å². The molecule has 0 amide bonds. The van der Waals surface area contributed by atoms with E-state index in [0.29, 0.717) is 11.5 Å². The Bertz CT molecular complexity index is 173. The molecular weight excluding hydrogens is 250 g/mol. The Labute approximate surface area is 104 Å². The first kappa shape index (κ1) is 13.5. The van der Waals surface area contributed by atoms with E-state index in [1.807, 2.05) is 0 Å². The monoisotopic (exact) mass is 275 g/mol. The average molecular weight is 276 g/mol. The predicted molar refractivity (Wildman–Crippen MR) is 71.7 cm³/mol. The quantitative estimate of drug-likeness (QED) is 0.661. The molecule has 0 saturated heterocycles. The minimum Gasteiger partial charge on any atom is -0.300 e. The van der Waals surface area contributed by atoms with Gasteiger partial charge in [0.25, 0.3) is 0 Å². The van der Waals surface area contributed by atoms with Gasteiger partial charge < -0.3 is 4.90 Å². The Hall–Kier alpha value is 0.440. The zero-order valence-electron chi connectivity index (χ0n) is 10.6. The summed E-state index contributed by atoms with van der Waals surface area (Å²) in [7, 11) is 0. The number of rotatable bonds is 6. The van der Waals surface area contributed by atoms with E-state index in [1.54, 1.807) is 0 Å². The molecule has 0 bridgehead atoms. The molecule has 1 nitrogen and oxygen atoms in total. The van der Waals surface area contributed by atoms with Gasteiger partial charge in [0.15, 0.2) is 0 Å². The molecule has 0 atom stereocenters. The highest BCUT2D eigenvalue weighted by atomic mass is 79.9. The van der Waals surface area contributed by atoms with Crippen molar-refractivity contribution in [1.82, 2.24) is 4.90 Å². The van der Waals surface area contributed by atoms with Gasteiger partial charge in [-0.2, -0.15) is 0 Å². The van der Waals surface area contributed by atoms with Crippen LogP contribution in [0.15, 0.2) is 0 Å². The van der Waals surface area contributed by atoms with E-state index in [2.05, 4.69) is 41.6 Å². The Balaban J connectivity index is 2.54. The smallest absolute Gasteiger partial charge is 0.0100 e. The maximum absolute atomic E-state index is 3.74. The number of alkyl halides is 1. The van der Waals surface area contributed by atoms with Gasteiger partial charge in [-0.3, -0.25) is 0 Å². The van der Waals surface area contributed by atoms with Gasteiger partial charge in [0, 0.05) is 17.9 Å². The fourth-order valence-electron chi connectivity index (χ4n) is 2.70. The first-order chi connectivity index (χ1) is 7.13. The molecule has 0 N–H and O–H groups in total. The summed E-state index contributed by atoms with van der Waals surface area (Å²) >= 11 is 3.74. The SMILES string of the molecule is CCCN(CC1(CBr)CCCC1)C(C)C. The third-order valence-electron chi connectivity index (χ3n) is 3.73. The molecule has 1 aliphatic rings. The summed E-state index contributed by atoms with van der Waals surface area (Å²) in [4.78, 5) is 2.66. The summed E-state index contributed by atoms with van der Waals surface area (Å²) in [5.74, 6) is 0. The lowest BCUT2D eigenvalue weighted by Crippen LogP contribution is -2.41. The molecule has 1 rings (SSSR count). The maximum atomic E-state index is 3.74. The van der Waals surface area contributed by atoms with Crippen LogP contribution in [0.3, 0.4) is 0 Å². The number of hydrogen-bond acceptors (Lipinski definition) is 1. The Kier molecular flexibility index (Phi) is 5.62. The Morgan fingerprint density at radius 2 is 1.87 bits per heavy atom. The van der Waals surface area contributed by atoms with Crippen LogP contribution in [0, 0.1) is 5.41 Å². The molecule has 1 fully saturated rings. The molecule has 0 heterocycles. The molecule has 90 valence electrons. The van der Waals surface area contributed by atoms with Crippen LogP contribution in [0.1, 0.15) is 52.9 Å². The molecule has 1 aliphatic carbocycles. The third-order valence-corrected chi connectivity index (χ3v) is 4.92. The van der Waals surface area contributed by atoms with Crippen molar-refractivity contribution in [3.05, 3.63) is 0 Å². The fourth-order valence-corrected chi connectivity index (χ4v) is 3.43. The maximum Gasteiger partial charge on any atom is 0.0100 e. The summed E-state index contributed by atoms with van der Waals surface area (Å²) in [6, 6.07) is 0.696. The minimum atomic E-state index is 0.583. The lowest BCUT2D eigenvalue weighted by molar-refractivity contribution is 0.140. The van der Waals surface area contributed by atoms with E-state index >= 15 is 0 Å². The molecular formula is C13H26BrN. The normalized spacial score (nSPS) is 20.4. The van der Waals surface area contributed by atoms with Crippen LogP contribution in [-0.2, 0) is 0 Å². The highest BCUT2D eigenvalue weighted by molar-refractivity contribution is 9.09. The molecule has 2 heteroatoms. The summed E-state index contributed by atoms with van der Waals surface area (Å²) in [5.41, 5.74) is 0.583. The van der Waals surface area contributed by atoms with E-state index in [4.69, 9.17) is 0 Å². The van der Waals surface area contributed by atoms with Gasteiger partial charge in [0.1, 0.15) is 0 Å². The first-order valence-electron chi connectivity index (χ1n) is 6.43. The lowest BCUT2D eigenvalue weighted by Gasteiger charge is -2.36. The average Bonchev–Trinajstić information content (AvgIpc) is 2.66. The van der Waals surface area contributed by atoms with Gasteiger partial charge in [-0.25, -0.2) is 0 Å². The van der Waals surface area contributed by atoms with Crippen LogP contribution in [0.2, 0.25) is 0 Å². The Morgan fingerprint density at radius 1 is 1.27 bits per heavy atom. The molecule has 0 unspecified atom stereocenters. The van der Waals surface area contributed by atoms with Crippen molar-refractivity contribution in [1.29, 1.82) is 0 Å². The van der Waals surface area contributed by atoms with Crippen molar-refractivity contribution in [2.45, 2.75) is 58.9 Å². The van der Waals surface area contributed by atoms with E-state index in [9.17, 15) is 0 Å². The standard InChI is InChI=1S/C13H26BrN/c1-4-9-15(12(2)3)11-13(10-14)7-5-6-8-13/h12H,4-11H2,1-3H3. The van der Waals surface area contributed by atoms with Crippen molar-refractivity contribution in [2.24, 2.45) is 5.41 Å². The number of halogens is 1. The Morgan fingerprint density at radius 3 is 2.27 bits per heavy atom. The topological polar surface area (TPSA) is 3.24 Å². The van der Waals surface area contributed by atoms with Crippen molar-refractivity contribution >= 4 is 15.9 Å². The van der Waals surface area contributed by atoms with Gasteiger partial charge >= 0.3 is 0 Å². The van der Waals surface area contributed by atoms with Gasteiger partial charge in [-0.15, -0.1) is 0 Å². The molecule has 0 aliphatic heterocycles. The van der Waals surface area contributed by atoms with Crippen molar-refractivity contribution in [3.63, 3.8) is 0 Å². The fraction of sp³-hybridized carbons (Fsp3) is 1.00. The number of nitrogens with zero attached hydrogens (tertiary/aromatic N) is 1. The van der Waals surface area contributed by atoms with Crippen LogP contribution in [-0.4, -0.2) is 29.4 Å². The van der Waals surface area contributed by atoms with E-state index in [1.165, 1.54) is 50.5 Å². The first-order valence-corrected chi connectivity index (χ1v) is 7.56. The molecule has 0 aromatic carbocycles. The second-order valence-electron chi connectivity index (χ2n) is 5.40. The number of hydrogen-bond donors (Lipinski definition) is 0. The lowest BCUT2D eigenvalue weighted by atomic mass is 9.87. The van der Waals surface area contributed by atoms with Crippen LogP contribution in [0.25, 0.3) is 0 Å². The van der Waals surface area contributed by atoms with Crippen LogP contribution in [0.5, 0.6) is 0 Å². The third kappa shape index (κ3) is 3.74.